The minimum absolute atomic E-state index is 0.259. The summed E-state index contributed by atoms with van der Waals surface area (Å²) in [5.41, 5.74) is 13.2. The number of hydrogen-bond donors (Lipinski definition) is 0. The van der Waals surface area contributed by atoms with E-state index < -0.39 is 0 Å². The number of hydrogen-bond acceptors (Lipinski definition) is 3. The van der Waals surface area contributed by atoms with E-state index in [4.69, 9.17) is 8.83 Å². The van der Waals surface area contributed by atoms with Crippen LogP contribution in [0.2, 0.25) is 0 Å². The van der Waals surface area contributed by atoms with Crippen molar-refractivity contribution in [3.63, 3.8) is 0 Å². The Morgan fingerprint density at radius 2 is 1.21 bits per heavy atom. The quantitative estimate of drug-likeness (QED) is 0.181. The van der Waals surface area contributed by atoms with Crippen LogP contribution in [0.5, 0.6) is 0 Å². The van der Waals surface area contributed by atoms with Crippen molar-refractivity contribution in [2.75, 3.05) is 4.90 Å². The van der Waals surface area contributed by atoms with Gasteiger partial charge in [-0.15, -0.1) is 0 Å². The van der Waals surface area contributed by atoms with Gasteiger partial charge in [0, 0.05) is 44.6 Å². The van der Waals surface area contributed by atoms with Crippen LogP contribution in [0.25, 0.3) is 66.1 Å². The van der Waals surface area contributed by atoms with Crippen LogP contribution in [0.4, 0.5) is 17.1 Å². The summed E-state index contributed by atoms with van der Waals surface area (Å²) in [6.07, 6.45) is 0.902. The van der Waals surface area contributed by atoms with Gasteiger partial charge < -0.3 is 13.7 Å². The molecular formula is C50H33NO2. The maximum Gasteiger partial charge on any atom is 0.159 e. The van der Waals surface area contributed by atoms with Crippen molar-refractivity contribution in [1.29, 1.82) is 0 Å². The molecule has 0 saturated carbocycles. The molecule has 3 heteroatoms. The van der Waals surface area contributed by atoms with E-state index in [9.17, 15) is 0 Å². The van der Waals surface area contributed by atoms with Gasteiger partial charge in [-0.05, 0) is 81.9 Å². The lowest BCUT2D eigenvalue weighted by Crippen LogP contribution is -2.11. The van der Waals surface area contributed by atoms with E-state index in [-0.39, 0.29) is 5.92 Å². The Morgan fingerprint density at radius 1 is 0.472 bits per heavy atom. The largest absolute Gasteiger partial charge is 0.456 e. The molecule has 0 bridgehead atoms. The monoisotopic (exact) mass is 679 g/mol. The Morgan fingerprint density at radius 3 is 2.11 bits per heavy atom. The summed E-state index contributed by atoms with van der Waals surface area (Å²) in [6, 6.07) is 65.0. The third kappa shape index (κ3) is 4.82. The molecule has 0 fully saturated rings. The molecule has 250 valence electrons. The molecule has 3 nitrogen and oxygen atoms in total. The van der Waals surface area contributed by atoms with E-state index in [1.807, 2.05) is 12.1 Å². The molecule has 1 unspecified atom stereocenters. The number of furan rings is 2. The highest BCUT2D eigenvalue weighted by molar-refractivity contribution is 6.10. The summed E-state index contributed by atoms with van der Waals surface area (Å²) in [4.78, 5) is 2.28. The van der Waals surface area contributed by atoms with Gasteiger partial charge in [0.2, 0.25) is 0 Å². The van der Waals surface area contributed by atoms with Crippen LogP contribution < -0.4 is 4.90 Å². The average Bonchev–Trinajstić information content (AvgIpc) is 3.80. The van der Waals surface area contributed by atoms with E-state index in [2.05, 4.69) is 175 Å². The zero-order chi connectivity index (χ0) is 34.9. The van der Waals surface area contributed by atoms with Gasteiger partial charge in [0.1, 0.15) is 16.9 Å². The topological polar surface area (TPSA) is 29.5 Å². The van der Waals surface area contributed by atoms with Gasteiger partial charge in [-0.3, -0.25) is 0 Å². The first-order valence-electron chi connectivity index (χ1n) is 18.3. The Kier molecular flexibility index (Phi) is 6.68. The minimum atomic E-state index is 0.259. The van der Waals surface area contributed by atoms with Gasteiger partial charge in [-0.2, -0.15) is 0 Å². The molecule has 1 atom stereocenters. The van der Waals surface area contributed by atoms with Crippen LogP contribution in [0.3, 0.4) is 0 Å². The molecule has 0 radical (unpaired) electrons. The lowest BCUT2D eigenvalue weighted by atomic mass is 9.77. The number of rotatable bonds is 5. The smallest absolute Gasteiger partial charge is 0.159 e. The minimum Gasteiger partial charge on any atom is -0.456 e. The lowest BCUT2D eigenvalue weighted by molar-refractivity contribution is 0.615. The Balaban J connectivity index is 0.974. The first-order chi connectivity index (χ1) is 26.3. The molecule has 1 aliphatic carbocycles. The summed E-state index contributed by atoms with van der Waals surface area (Å²) >= 11 is 0. The molecule has 0 aliphatic heterocycles. The van der Waals surface area contributed by atoms with Gasteiger partial charge in [0.15, 0.2) is 5.58 Å². The second-order valence-electron chi connectivity index (χ2n) is 14.0. The van der Waals surface area contributed by atoms with E-state index in [1.54, 1.807) is 0 Å². The second kappa shape index (κ2) is 11.9. The zero-order valence-electron chi connectivity index (χ0n) is 28.9. The maximum absolute atomic E-state index is 6.76. The molecule has 8 aromatic carbocycles. The molecule has 0 saturated heterocycles. The third-order valence-corrected chi connectivity index (χ3v) is 11.1. The molecule has 2 heterocycles. The standard InChI is InChI=1S/C50H33NO2/c1-2-13-37(14-3-1)51(46-19-10-18-43-40-16-8-9-20-47(40)52-50(43)46)38-26-23-33(24-27-38)35-25-28-41-45-31-44(36-22-21-32-11-4-5-12-34(32)29-36)39-15-6-7-17-42(39)49(45)53-48(41)30-35/h1-30,44H,31H2. The van der Waals surface area contributed by atoms with Gasteiger partial charge >= 0.3 is 0 Å². The highest BCUT2D eigenvalue weighted by Gasteiger charge is 2.30. The van der Waals surface area contributed by atoms with Crippen molar-refractivity contribution in [2.45, 2.75) is 12.3 Å². The first-order valence-corrected chi connectivity index (χ1v) is 18.3. The van der Waals surface area contributed by atoms with Crippen molar-refractivity contribution in [3.8, 4) is 22.5 Å². The predicted octanol–water partition coefficient (Wildman–Crippen LogP) is 14.0. The van der Waals surface area contributed by atoms with E-state index in [0.717, 1.165) is 67.9 Å². The van der Waals surface area contributed by atoms with E-state index >= 15 is 0 Å². The summed E-state index contributed by atoms with van der Waals surface area (Å²) in [5, 5.41) is 5.97. The van der Waals surface area contributed by atoms with Gasteiger partial charge in [0.25, 0.3) is 0 Å². The Bertz CT molecular complexity index is 2990. The molecule has 0 spiro atoms. The first kappa shape index (κ1) is 29.8. The zero-order valence-corrected chi connectivity index (χ0v) is 28.9. The summed E-state index contributed by atoms with van der Waals surface area (Å²) in [5.74, 6) is 1.26. The molecular weight excluding hydrogens is 647 g/mol. The van der Waals surface area contributed by atoms with E-state index in [1.165, 1.54) is 38.4 Å². The molecule has 10 aromatic rings. The fourth-order valence-electron chi connectivity index (χ4n) is 8.51. The molecule has 53 heavy (non-hydrogen) atoms. The number of anilines is 3. The fourth-order valence-corrected chi connectivity index (χ4v) is 8.51. The third-order valence-electron chi connectivity index (χ3n) is 11.1. The van der Waals surface area contributed by atoms with E-state index in [0.29, 0.717) is 0 Å². The number of nitrogens with zero attached hydrogens (tertiary/aromatic N) is 1. The number of fused-ring (bicyclic) bond motifs is 9. The van der Waals surface area contributed by atoms with Crippen molar-refractivity contribution in [3.05, 3.63) is 199 Å². The highest BCUT2D eigenvalue weighted by atomic mass is 16.3. The van der Waals surface area contributed by atoms with Crippen LogP contribution in [-0.4, -0.2) is 0 Å². The fraction of sp³-hybridized carbons (Fsp3) is 0.0400. The second-order valence-corrected chi connectivity index (χ2v) is 14.0. The van der Waals surface area contributed by atoms with Crippen LogP contribution in [0.15, 0.2) is 191 Å². The highest BCUT2D eigenvalue weighted by Crippen LogP contribution is 2.48. The Hall–Kier alpha value is -6.84. The lowest BCUT2D eigenvalue weighted by Gasteiger charge is -2.26. The normalized spacial score (nSPS) is 13.8. The van der Waals surface area contributed by atoms with Gasteiger partial charge in [-0.25, -0.2) is 0 Å². The molecule has 0 amide bonds. The van der Waals surface area contributed by atoms with Crippen LogP contribution in [0.1, 0.15) is 22.6 Å². The van der Waals surface area contributed by atoms with Crippen LogP contribution in [0, 0.1) is 0 Å². The summed E-state index contributed by atoms with van der Waals surface area (Å²) in [6.45, 7) is 0. The van der Waals surface area contributed by atoms with Gasteiger partial charge in [-0.1, -0.05) is 140 Å². The predicted molar refractivity (Wildman–Crippen MR) is 219 cm³/mol. The van der Waals surface area contributed by atoms with Gasteiger partial charge in [0.05, 0.1) is 5.69 Å². The summed E-state index contributed by atoms with van der Waals surface area (Å²) < 4.78 is 13.3. The van der Waals surface area contributed by atoms with Crippen molar-refractivity contribution in [2.24, 2.45) is 0 Å². The Labute approximate surface area is 307 Å². The number of para-hydroxylation sites is 3. The maximum atomic E-state index is 6.76. The number of benzene rings is 8. The van der Waals surface area contributed by atoms with Crippen LogP contribution >= 0.6 is 0 Å². The molecule has 2 aromatic heterocycles. The summed E-state index contributed by atoms with van der Waals surface area (Å²) in [7, 11) is 0. The average molecular weight is 680 g/mol. The molecule has 11 rings (SSSR count). The molecule has 0 N–H and O–H groups in total. The van der Waals surface area contributed by atoms with Crippen molar-refractivity contribution >= 4 is 60.7 Å². The van der Waals surface area contributed by atoms with Crippen molar-refractivity contribution < 1.29 is 8.83 Å². The molecule has 1 aliphatic rings. The SMILES string of the molecule is c1ccc(N(c2ccc(-c3ccc4c5c(oc4c3)-c3ccccc3C(c3ccc4ccccc4c3)C5)cc2)c2cccc3c2oc2ccccc23)cc1. The van der Waals surface area contributed by atoms with Crippen molar-refractivity contribution in [1.82, 2.24) is 0 Å². The van der Waals surface area contributed by atoms with Crippen LogP contribution in [-0.2, 0) is 6.42 Å².